The summed E-state index contributed by atoms with van der Waals surface area (Å²) < 4.78 is 1.24. The third kappa shape index (κ3) is 2.34. The molecule has 16 heavy (non-hydrogen) atoms. The minimum atomic E-state index is -0.654. The third-order valence-electron chi connectivity index (χ3n) is 2.11. The average Bonchev–Trinajstić information content (AvgIpc) is 2.66. The van der Waals surface area contributed by atoms with E-state index in [2.05, 4.69) is 5.10 Å². The van der Waals surface area contributed by atoms with Crippen molar-refractivity contribution >= 4 is 11.7 Å². The summed E-state index contributed by atoms with van der Waals surface area (Å²) in [6.07, 6.45) is 1.39. The summed E-state index contributed by atoms with van der Waals surface area (Å²) in [5.74, 6) is 4.23. The van der Waals surface area contributed by atoms with Crippen LogP contribution in [0.3, 0.4) is 0 Å². The molecule has 1 unspecified atom stereocenters. The first-order valence-corrected chi connectivity index (χ1v) is 4.67. The van der Waals surface area contributed by atoms with Crippen molar-refractivity contribution in [1.29, 1.82) is 0 Å². The molecule has 8 nitrogen and oxygen atoms in total. The highest BCUT2D eigenvalue weighted by Crippen LogP contribution is 2.18. The number of aromatic nitrogens is 2. The predicted octanol–water partition coefficient (Wildman–Crippen LogP) is -0.0217. The molecule has 0 aliphatic rings. The maximum absolute atomic E-state index is 11.5. The van der Waals surface area contributed by atoms with E-state index in [1.807, 2.05) is 5.43 Å². The van der Waals surface area contributed by atoms with Crippen LogP contribution in [-0.2, 0) is 4.79 Å². The predicted molar refractivity (Wildman–Crippen MR) is 55.1 cm³/mol. The van der Waals surface area contributed by atoms with E-state index in [1.165, 1.54) is 16.9 Å². The first-order chi connectivity index (χ1) is 7.47. The first-order valence-electron chi connectivity index (χ1n) is 4.67. The maximum atomic E-state index is 11.5. The van der Waals surface area contributed by atoms with Crippen LogP contribution in [0.2, 0.25) is 0 Å². The molecule has 8 heteroatoms. The van der Waals surface area contributed by atoms with Crippen LogP contribution in [0, 0.1) is 16.0 Å². The highest BCUT2D eigenvalue weighted by Gasteiger charge is 2.28. The lowest BCUT2D eigenvalue weighted by Crippen LogP contribution is -2.39. The second-order valence-electron chi connectivity index (χ2n) is 3.61. The topological polar surface area (TPSA) is 116 Å². The van der Waals surface area contributed by atoms with Gasteiger partial charge in [-0.2, -0.15) is 4.68 Å². The van der Waals surface area contributed by atoms with Gasteiger partial charge in [0.05, 0.1) is 17.4 Å². The number of nitrogens with one attached hydrogen (secondary N) is 1. The highest BCUT2D eigenvalue weighted by atomic mass is 16.6. The van der Waals surface area contributed by atoms with Gasteiger partial charge in [0, 0.05) is 0 Å². The van der Waals surface area contributed by atoms with E-state index in [4.69, 9.17) is 5.84 Å². The third-order valence-corrected chi connectivity index (χ3v) is 2.11. The number of nitrogens with zero attached hydrogens (tertiary/aromatic N) is 3. The van der Waals surface area contributed by atoms with Gasteiger partial charge in [-0.3, -0.25) is 10.2 Å². The molecule has 0 spiro atoms. The lowest BCUT2D eigenvalue weighted by Gasteiger charge is -2.16. The average molecular weight is 227 g/mol. The van der Waals surface area contributed by atoms with Gasteiger partial charge in [0.25, 0.3) is 5.91 Å². The van der Waals surface area contributed by atoms with Crippen LogP contribution in [-0.4, -0.2) is 20.6 Å². The van der Waals surface area contributed by atoms with Gasteiger partial charge in [0.15, 0.2) is 6.04 Å². The Morgan fingerprint density at radius 1 is 1.69 bits per heavy atom. The van der Waals surface area contributed by atoms with E-state index < -0.39 is 16.9 Å². The van der Waals surface area contributed by atoms with Gasteiger partial charge < -0.3 is 10.1 Å². The zero-order valence-electron chi connectivity index (χ0n) is 8.95. The second-order valence-corrected chi connectivity index (χ2v) is 3.61. The summed E-state index contributed by atoms with van der Waals surface area (Å²) in [4.78, 5) is 21.3. The summed E-state index contributed by atoms with van der Waals surface area (Å²) in [7, 11) is 0. The molecule has 0 aliphatic heterocycles. The maximum Gasteiger partial charge on any atom is 0.389 e. The lowest BCUT2D eigenvalue weighted by atomic mass is 10.0. The molecule has 0 aliphatic carbocycles. The van der Waals surface area contributed by atoms with Crippen molar-refractivity contribution in [2.45, 2.75) is 19.9 Å². The van der Waals surface area contributed by atoms with Crippen LogP contribution in [0.15, 0.2) is 12.3 Å². The van der Waals surface area contributed by atoms with Crippen LogP contribution in [0.4, 0.5) is 5.82 Å². The number of nitrogens with two attached hydrogens (primary N) is 1. The van der Waals surface area contributed by atoms with Crippen molar-refractivity contribution in [1.82, 2.24) is 15.2 Å². The number of carbonyl (C=O) groups is 1. The van der Waals surface area contributed by atoms with Gasteiger partial charge in [-0.15, -0.1) is 0 Å². The molecule has 3 N–H and O–H groups in total. The molecule has 0 fully saturated rings. The summed E-state index contributed by atoms with van der Waals surface area (Å²) in [6, 6.07) is 0.581. The zero-order chi connectivity index (χ0) is 12.3. The minimum Gasteiger partial charge on any atom is -0.358 e. The van der Waals surface area contributed by atoms with Gasteiger partial charge in [-0.25, -0.2) is 5.84 Å². The van der Waals surface area contributed by atoms with Crippen LogP contribution < -0.4 is 11.3 Å². The van der Waals surface area contributed by atoms with Crippen molar-refractivity contribution in [2.24, 2.45) is 11.8 Å². The smallest absolute Gasteiger partial charge is 0.358 e. The Bertz CT molecular complexity index is 400. The monoisotopic (exact) mass is 227 g/mol. The molecule has 1 rings (SSSR count). The molecule has 0 saturated carbocycles. The molecule has 1 atom stereocenters. The first kappa shape index (κ1) is 12.1. The van der Waals surface area contributed by atoms with Gasteiger partial charge >= 0.3 is 5.82 Å². The molecule has 1 amide bonds. The molecule has 0 saturated heterocycles. The molecule has 88 valence electrons. The molecular formula is C8H13N5O3. The van der Waals surface area contributed by atoms with Crippen LogP contribution >= 0.6 is 0 Å². The van der Waals surface area contributed by atoms with Crippen molar-refractivity contribution < 1.29 is 9.72 Å². The zero-order valence-corrected chi connectivity index (χ0v) is 8.95. The number of rotatable bonds is 4. The summed E-state index contributed by atoms with van der Waals surface area (Å²) in [5.41, 5.74) is 2.01. The fraction of sp³-hybridized carbons (Fsp3) is 0.500. The molecule has 1 aromatic heterocycles. The van der Waals surface area contributed by atoms with Crippen molar-refractivity contribution in [2.75, 3.05) is 0 Å². The van der Waals surface area contributed by atoms with Crippen LogP contribution in [0.5, 0.6) is 0 Å². The number of amides is 1. The molecule has 0 aromatic carbocycles. The van der Waals surface area contributed by atoms with E-state index >= 15 is 0 Å². The Kier molecular flexibility index (Phi) is 3.56. The van der Waals surface area contributed by atoms with Gasteiger partial charge in [-0.05, 0) is 10.8 Å². The van der Waals surface area contributed by atoms with Crippen LogP contribution in [0.1, 0.15) is 19.9 Å². The van der Waals surface area contributed by atoms with Crippen molar-refractivity contribution in [3.63, 3.8) is 0 Å². The Balaban J connectivity index is 3.02. The molecule has 1 aromatic rings. The van der Waals surface area contributed by atoms with Gasteiger partial charge in [0.2, 0.25) is 0 Å². The Morgan fingerprint density at radius 2 is 2.31 bits per heavy atom. The number of carbonyl (C=O) groups excluding carboxylic acids is 1. The summed E-state index contributed by atoms with van der Waals surface area (Å²) >= 11 is 0. The Hall–Kier alpha value is -1.96. The van der Waals surface area contributed by atoms with E-state index in [1.54, 1.807) is 13.8 Å². The molecular weight excluding hydrogens is 214 g/mol. The van der Waals surface area contributed by atoms with Crippen LogP contribution in [0.25, 0.3) is 0 Å². The standard InChI is InChI=1S/C8H13N5O3/c1-5(2)7(8(14)10-9)12-4-3-6(11-12)13(15)16/h3-5,7H,9H2,1-2H3,(H,10,14). The Labute approximate surface area is 91.5 Å². The highest BCUT2D eigenvalue weighted by molar-refractivity contribution is 5.79. The number of hydrogen-bond donors (Lipinski definition) is 2. The quantitative estimate of drug-likeness (QED) is 0.324. The van der Waals surface area contributed by atoms with E-state index in [9.17, 15) is 14.9 Å². The largest absolute Gasteiger partial charge is 0.389 e. The Morgan fingerprint density at radius 3 is 2.69 bits per heavy atom. The van der Waals surface area contributed by atoms with E-state index in [0.29, 0.717) is 0 Å². The second kappa shape index (κ2) is 4.71. The molecule has 0 radical (unpaired) electrons. The van der Waals surface area contributed by atoms with Crippen molar-refractivity contribution in [3.8, 4) is 0 Å². The number of hydrogen-bond acceptors (Lipinski definition) is 5. The number of nitro groups is 1. The van der Waals surface area contributed by atoms with Gasteiger partial charge in [0.1, 0.15) is 0 Å². The SMILES string of the molecule is CC(C)C(C(=O)NN)n1ccc([N+](=O)[O-])n1. The summed E-state index contributed by atoms with van der Waals surface area (Å²) in [6.45, 7) is 3.60. The molecule has 0 bridgehead atoms. The lowest BCUT2D eigenvalue weighted by molar-refractivity contribution is -0.389. The van der Waals surface area contributed by atoms with Crippen molar-refractivity contribution in [3.05, 3.63) is 22.4 Å². The van der Waals surface area contributed by atoms with Gasteiger partial charge in [-0.1, -0.05) is 13.8 Å². The number of hydrazine groups is 1. The normalized spacial score (nSPS) is 12.5. The van der Waals surface area contributed by atoms with E-state index in [-0.39, 0.29) is 11.7 Å². The fourth-order valence-corrected chi connectivity index (χ4v) is 1.39. The minimum absolute atomic E-state index is 0.0805. The van der Waals surface area contributed by atoms with E-state index in [0.717, 1.165) is 0 Å². The molecule has 1 heterocycles. The summed E-state index contributed by atoms with van der Waals surface area (Å²) in [5, 5.41) is 14.2. The fourth-order valence-electron chi connectivity index (χ4n) is 1.39.